The van der Waals surface area contributed by atoms with Crippen molar-refractivity contribution >= 4 is 11.8 Å². The van der Waals surface area contributed by atoms with Gasteiger partial charge < -0.3 is 16.4 Å². The number of carbonyl (C=O) groups is 2. The summed E-state index contributed by atoms with van der Waals surface area (Å²) in [7, 11) is 0. The van der Waals surface area contributed by atoms with Crippen molar-refractivity contribution < 1.29 is 9.59 Å². The molecule has 0 fully saturated rings. The molecule has 5 nitrogen and oxygen atoms in total. The van der Waals surface area contributed by atoms with Crippen LogP contribution >= 0.6 is 0 Å². The molecule has 1 unspecified atom stereocenters. The van der Waals surface area contributed by atoms with Crippen LogP contribution in [0.2, 0.25) is 0 Å². The van der Waals surface area contributed by atoms with Gasteiger partial charge in [0.1, 0.15) is 6.04 Å². The van der Waals surface area contributed by atoms with Gasteiger partial charge in [0.2, 0.25) is 11.8 Å². The Balaban J connectivity index is 4.45. The van der Waals surface area contributed by atoms with Gasteiger partial charge in [-0.1, -0.05) is 20.8 Å². The maximum absolute atomic E-state index is 11.9. The smallest absolute Gasteiger partial charge is 0.242 e. The van der Waals surface area contributed by atoms with E-state index in [1.165, 1.54) is 0 Å². The molecule has 0 aromatic rings. The predicted molar refractivity (Wildman–Crippen MR) is 72.9 cm³/mol. The topological polar surface area (TPSA) is 84.2 Å². The number of carbonyl (C=O) groups excluding carboxylic acids is 2. The van der Waals surface area contributed by atoms with Crippen molar-refractivity contribution in [2.24, 2.45) is 11.1 Å². The standard InChI is InChI=1S/C13H27N3O2/c1-8(10(17)16-13(5,6)7)15-11(18)9(14)12(2,3)4/h8-9H,14H2,1-7H3,(H,15,18)(H,16,17)/t8?,9-/m0/s1. The first-order valence-corrected chi connectivity index (χ1v) is 6.22. The Hall–Kier alpha value is -1.10. The molecule has 0 saturated carbocycles. The van der Waals surface area contributed by atoms with E-state index in [0.717, 1.165) is 0 Å². The number of amides is 2. The molecule has 0 bridgehead atoms. The van der Waals surface area contributed by atoms with Crippen LogP contribution in [0.3, 0.4) is 0 Å². The minimum Gasteiger partial charge on any atom is -0.350 e. The minimum absolute atomic E-state index is 0.211. The first kappa shape index (κ1) is 16.9. The predicted octanol–water partition coefficient (Wildman–Crippen LogP) is 0.779. The zero-order valence-electron chi connectivity index (χ0n) is 12.5. The van der Waals surface area contributed by atoms with Gasteiger partial charge in [-0.05, 0) is 33.1 Å². The van der Waals surface area contributed by atoms with E-state index in [-0.39, 0.29) is 22.8 Å². The fraction of sp³-hybridized carbons (Fsp3) is 0.846. The summed E-state index contributed by atoms with van der Waals surface area (Å²) in [6.45, 7) is 13.0. The second kappa shape index (κ2) is 5.69. The Morgan fingerprint density at radius 3 is 1.78 bits per heavy atom. The highest BCUT2D eigenvalue weighted by Gasteiger charge is 2.29. The van der Waals surface area contributed by atoms with Crippen LogP contribution < -0.4 is 16.4 Å². The largest absolute Gasteiger partial charge is 0.350 e. The lowest BCUT2D eigenvalue weighted by Crippen LogP contribution is -2.56. The zero-order valence-corrected chi connectivity index (χ0v) is 12.5. The fourth-order valence-corrected chi connectivity index (χ4v) is 1.24. The number of nitrogens with one attached hydrogen (secondary N) is 2. The monoisotopic (exact) mass is 257 g/mol. The number of hydrogen-bond donors (Lipinski definition) is 3. The van der Waals surface area contributed by atoms with E-state index in [0.29, 0.717) is 0 Å². The van der Waals surface area contributed by atoms with E-state index < -0.39 is 12.1 Å². The maximum Gasteiger partial charge on any atom is 0.242 e. The van der Waals surface area contributed by atoms with Gasteiger partial charge in [-0.3, -0.25) is 9.59 Å². The molecule has 0 aromatic heterocycles. The molecular weight excluding hydrogens is 230 g/mol. The Kier molecular flexibility index (Phi) is 5.35. The first-order chi connectivity index (χ1) is 7.84. The van der Waals surface area contributed by atoms with Crippen molar-refractivity contribution in [3.05, 3.63) is 0 Å². The summed E-state index contributed by atoms with van der Waals surface area (Å²) >= 11 is 0. The lowest BCUT2D eigenvalue weighted by atomic mass is 9.87. The van der Waals surface area contributed by atoms with E-state index in [9.17, 15) is 9.59 Å². The van der Waals surface area contributed by atoms with Gasteiger partial charge in [0.15, 0.2) is 0 Å². The van der Waals surface area contributed by atoms with Crippen LogP contribution in [0, 0.1) is 5.41 Å². The van der Waals surface area contributed by atoms with Crippen molar-refractivity contribution in [3.8, 4) is 0 Å². The molecule has 0 radical (unpaired) electrons. The van der Waals surface area contributed by atoms with E-state index in [4.69, 9.17) is 5.73 Å². The van der Waals surface area contributed by atoms with E-state index >= 15 is 0 Å². The van der Waals surface area contributed by atoms with Crippen LogP contribution in [0.5, 0.6) is 0 Å². The van der Waals surface area contributed by atoms with Gasteiger partial charge >= 0.3 is 0 Å². The van der Waals surface area contributed by atoms with Crippen LogP contribution in [0.4, 0.5) is 0 Å². The van der Waals surface area contributed by atoms with Gasteiger partial charge in [0.25, 0.3) is 0 Å². The number of hydrogen-bond acceptors (Lipinski definition) is 3. The molecule has 0 rings (SSSR count). The van der Waals surface area contributed by atoms with E-state index in [1.807, 2.05) is 41.5 Å². The lowest BCUT2D eigenvalue weighted by Gasteiger charge is -2.28. The summed E-state index contributed by atoms with van der Waals surface area (Å²) in [6, 6.07) is -1.23. The first-order valence-electron chi connectivity index (χ1n) is 6.22. The average molecular weight is 257 g/mol. The Labute approximate surface area is 110 Å². The number of nitrogens with two attached hydrogens (primary N) is 1. The van der Waals surface area contributed by atoms with Crippen molar-refractivity contribution in [2.45, 2.75) is 66.1 Å². The van der Waals surface area contributed by atoms with Crippen LogP contribution in [-0.2, 0) is 9.59 Å². The summed E-state index contributed by atoms with van der Waals surface area (Å²) in [6.07, 6.45) is 0. The van der Waals surface area contributed by atoms with Crippen molar-refractivity contribution in [2.75, 3.05) is 0 Å². The number of rotatable bonds is 3. The Bertz CT molecular complexity index is 313. The fourth-order valence-electron chi connectivity index (χ4n) is 1.24. The molecular formula is C13H27N3O2. The van der Waals surface area contributed by atoms with Gasteiger partial charge in [0, 0.05) is 5.54 Å². The zero-order chi connectivity index (χ0) is 14.7. The van der Waals surface area contributed by atoms with E-state index in [2.05, 4.69) is 10.6 Å². The lowest BCUT2D eigenvalue weighted by molar-refractivity contribution is -0.131. The normalized spacial score (nSPS) is 15.8. The van der Waals surface area contributed by atoms with Gasteiger partial charge in [-0.15, -0.1) is 0 Å². The minimum atomic E-state index is -0.637. The second-order valence-corrected chi connectivity index (χ2v) is 6.81. The van der Waals surface area contributed by atoms with Gasteiger partial charge in [-0.25, -0.2) is 0 Å². The maximum atomic E-state index is 11.9. The average Bonchev–Trinajstić information content (AvgIpc) is 2.12. The summed E-state index contributed by atoms with van der Waals surface area (Å²) < 4.78 is 0. The SMILES string of the molecule is CC(NC(=O)[C@H](N)C(C)(C)C)C(=O)NC(C)(C)C. The molecule has 18 heavy (non-hydrogen) atoms. The summed E-state index contributed by atoms with van der Waals surface area (Å²) in [5, 5.41) is 5.44. The molecule has 0 spiro atoms. The highest BCUT2D eigenvalue weighted by atomic mass is 16.2. The highest BCUT2D eigenvalue weighted by Crippen LogP contribution is 2.17. The van der Waals surface area contributed by atoms with Crippen LogP contribution in [0.15, 0.2) is 0 Å². The second-order valence-electron chi connectivity index (χ2n) is 6.81. The third-order valence-electron chi connectivity index (χ3n) is 2.47. The molecule has 106 valence electrons. The quantitative estimate of drug-likeness (QED) is 0.698. The molecule has 0 saturated heterocycles. The van der Waals surface area contributed by atoms with Crippen molar-refractivity contribution in [1.29, 1.82) is 0 Å². The molecule has 0 aliphatic heterocycles. The molecule has 4 N–H and O–H groups in total. The van der Waals surface area contributed by atoms with Crippen LogP contribution in [0.25, 0.3) is 0 Å². The molecule has 0 aromatic carbocycles. The summed E-state index contributed by atoms with van der Waals surface area (Å²) in [5.74, 6) is -0.518. The molecule has 2 atom stereocenters. The third-order valence-corrected chi connectivity index (χ3v) is 2.47. The molecule has 0 aliphatic carbocycles. The Morgan fingerprint density at radius 2 is 1.44 bits per heavy atom. The van der Waals surface area contributed by atoms with Crippen LogP contribution in [-0.4, -0.2) is 29.4 Å². The molecule has 2 amide bonds. The van der Waals surface area contributed by atoms with Gasteiger partial charge in [-0.2, -0.15) is 0 Å². The highest BCUT2D eigenvalue weighted by molar-refractivity contribution is 5.90. The van der Waals surface area contributed by atoms with Crippen LogP contribution in [0.1, 0.15) is 48.5 Å². The molecule has 0 heterocycles. The summed E-state index contributed by atoms with van der Waals surface area (Å²) in [5.41, 5.74) is 5.18. The molecule has 0 aliphatic rings. The third kappa shape index (κ3) is 6.00. The van der Waals surface area contributed by atoms with Crippen molar-refractivity contribution in [1.82, 2.24) is 10.6 Å². The van der Waals surface area contributed by atoms with Crippen molar-refractivity contribution in [3.63, 3.8) is 0 Å². The van der Waals surface area contributed by atoms with Gasteiger partial charge in [0.05, 0.1) is 6.04 Å². The Morgan fingerprint density at radius 1 is 1.00 bits per heavy atom. The molecule has 5 heteroatoms. The summed E-state index contributed by atoms with van der Waals surface area (Å²) in [4.78, 5) is 23.7. The van der Waals surface area contributed by atoms with E-state index in [1.54, 1.807) is 6.92 Å².